The van der Waals surface area contributed by atoms with E-state index in [9.17, 15) is 17.2 Å². The molecular formula is C19H19F2N3O3S. The molecule has 1 aliphatic rings. The Bertz CT molecular complexity index is 1050. The Labute approximate surface area is 161 Å². The first-order valence-electron chi connectivity index (χ1n) is 8.94. The first-order chi connectivity index (χ1) is 13.4. The molecule has 0 bridgehead atoms. The summed E-state index contributed by atoms with van der Waals surface area (Å²) in [5.41, 5.74) is 1.49. The van der Waals surface area contributed by atoms with Gasteiger partial charge in [0.25, 0.3) is 6.01 Å². The summed E-state index contributed by atoms with van der Waals surface area (Å²) in [6, 6.07) is 10.5. The molecule has 3 aromatic rings. The Hall–Kier alpha value is -2.52. The van der Waals surface area contributed by atoms with Gasteiger partial charge in [-0.2, -0.15) is 4.98 Å². The van der Waals surface area contributed by atoms with Crippen molar-refractivity contribution in [3.63, 3.8) is 0 Å². The first kappa shape index (κ1) is 18.8. The van der Waals surface area contributed by atoms with E-state index in [-0.39, 0.29) is 18.2 Å². The second-order valence-electron chi connectivity index (χ2n) is 6.84. The lowest BCUT2D eigenvalue weighted by atomic mass is 10.2. The zero-order valence-electron chi connectivity index (χ0n) is 14.9. The highest BCUT2D eigenvalue weighted by Gasteiger charge is 2.29. The number of aromatic nitrogens is 1. The van der Waals surface area contributed by atoms with Gasteiger partial charge in [0.2, 0.25) is 10.0 Å². The van der Waals surface area contributed by atoms with Gasteiger partial charge in [0.05, 0.1) is 5.75 Å². The Balaban J connectivity index is 1.44. The highest BCUT2D eigenvalue weighted by atomic mass is 32.2. The van der Waals surface area contributed by atoms with Gasteiger partial charge in [-0.25, -0.2) is 21.9 Å². The van der Waals surface area contributed by atoms with E-state index in [1.54, 1.807) is 0 Å². The summed E-state index contributed by atoms with van der Waals surface area (Å²) in [5, 5.41) is 0. The largest absolute Gasteiger partial charge is 0.423 e. The van der Waals surface area contributed by atoms with Gasteiger partial charge < -0.3 is 9.32 Å². The fraction of sp³-hybridized carbons (Fsp3) is 0.316. The summed E-state index contributed by atoms with van der Waals surface area (Å²) < 4.78 is 59.6. The molecule has 9 heteroatoms. The minimum Gasteiger partial charge on any atom is -0.423 e. The molecule has 0 spiro atoms. The molecule has 0 radical (unpaired) electrons. The number of benzene rings is 2. The topological polar surface area (TPSA) is 75.4 Å². The molecule has 1 atom stereocenters. The SMILES string of the molecule is O=S(=O)(Cc1cc(F)cc(F)c1)NCC1CCCN1c1nc2ccccc2o1. The number of nitrogens with one attached hydrogen (secondary N) is 1. The van der Waals surface area contributed by atoms with Crippen LogP contribution in [0.15, 0.2) is 46.9 Å². The summed E-state index contributed by atoms with van der Waals surface area (Å²) >= 11 is 0. The minimum atomic E-state index is -3.75. The van der Waals surface area contributed by atoms with Crippen molar-refractivity contribution in [2.45, 2.75) is 24.6 Å². The van der Waals surface area contributed by atoms with Gasteiger partial charge in [-0.05, 0) is 42.7 Å². The molecule has 148 valence electrons. The molecule has 4 rings (SSSR count). The number of fused-ring (bicyclic) bond motifs is 1. The maximum absolute atomic E-state index is 13.3. The standard InChI is InChI=1S/C19H19F2N3O3S/c20-14-8-13(9-15(21)10-14)12-28(25,26)22-11-16-4-3-7-24(16)19-23-17-5-1-2-6-18(17)27-19/h1-2,5-6,8-10,16,22H,3-4,7,11-12H2. The van der Waals surface area contributed by atoms with Crippen molar-refractivity contribution in [1.29, 1.82) is 0 Å². The molecule has 1 fully saturated rings. The van der Waals surface area contributed by atoms with Crippen LogP contribution in [-0.2, 0) is 15.8 Å². The smallest absolute Gasteiger partial charge is 0.298 e. The summed E-state index contributed by atoms with van der Waals surface area (Å²) in [6.45, 7) is 0.882. The summed E-state index contributed by atoms with van der Waals surface area (Å²) in [7, 11) is -3.75. The average Bonchev–Trinajstić information content (AvgIpc) is 3.25. The van der Waals surface area contributed by atoms with E-state index >= 15 is 0 Å². The molecule has 0 saturated carbocycles. The van der Waals surface area contributed by atoms with Crippen LogP contribution < -0.4 is 9.62 Å². The van der Waals surface area contributed by atoms with E-state index in [4.69, 9.17) is 4.42 Å². The molecule has 2 aromatic carbocycles. The normalized spacial score (nSPS) is 17.5. The number of rotatable bonds is 6. The predicted octanol–water partition coefficient (Wildman–Crippen LogP) is 3.19. The molecule has 1 unspecified atom stereocenters. The Morgan fingerprint density at radius 3 is 2.68 bits per heavy atom. The van der Waals surface area contributed by atoms with Gasteiger partial charge in [-0.3, -0.25) is 0 Å². The minimum absolute atomic E-state index is 0.0622. The molecule has 0 amide bonds. The fourth-order valence-corrected chi connectivity index (χ4v) is 4.62. The fourth-order valence-electron chi connectivity index (χ4n) is 3.47. The zero-order valence-corrected chi connectivity index (χ0v) is 15.8. The second-order valence-corrected chi connectivity index (χ2v) is 8.65. The Morgan fingerprint density at radius 1 is 1.18 bits per heavy atom. The number of hydrogen-bond donors (Lipinski definition) is 1. The third kappa shape index (κ3) is 4.15. The number of sulfonamides is 1. The van der Waals surface area contributed by atoms with Crippen LogP contribution >= 0.6 is 0 Å². The van der Waals surface area contributed by atoms with Crippen molar-refractivity contribution in [3.05, 3.63) is 59.7 Å². The van der Waals surface area contributed by atoms with Crippen LogP contribution in [0.5, 0.6) is 0 Å². The zero-order chi connectivity index (χ0) is 19.7. The average molecular weight is 407 g/mol. The van der Waals surface area contributed by atoms with Crippen LogP contribution in [0.4, 0.5) is 14.8 Å². The van der Waals surface area contributed by atoms with E-state index in [1.807, 2.05) is 29.2 Å². The Morgan fingerprint density at radius 2 is 1.93 bits per heavy atom. The highest BCUT2D eigenvalue weighted by Crippen LogP contribution is 2.28. The van der Waals surface area contributed by atoms with Crippen LogP contribution in [-0.4, -0.2) is 32.5 Å². The van der Waals surface area contributed by atoms with E-state index in [0.29, 0.717) is 24.2 Å². The quantitative estimate of drug-likeness (QED) is 0.679. The van der Waals surface area contributed by atoms with E-state index in [0.717, 1.165) is 30.5 Å². The van der Waals surface area contributed by atoms with Gasteiger partial charge in [0.15, 0.2) is 5.58 Å². The summed E-state index contributed by atoms with van der Waals surface area (Å²) in [5.74, 6) is -2.09. The first-order valence-corrected chi connectivity index (χ1v) is 10.6. The van der Waals surface area contributed by atoms with Crippen LogP contribution in [0.25, 0.3) is 11.1 Å². The van der Waals surface area contributed by atoms with Crippen LogP contribution in [0.2, 0.25) is 0 Å². The van der Waals surface area contributed by atoms with Crippen molar-refractivity contribution in [2.24, 2.45) is 0 Å². The lowest BCUT2D eigenvalue weighted by molar-refractivity contribution is 0.533. The van der Waals surface area contributed by atoms with Gasteiger partial charge in [0, 0.05) is 25.2 Å². The number of anilines is 1. The highest BCUT2D eigenvalue weighted by molar-refractivity contribution is 7.88. The maximum Gasteiger partial charge on any atom is 0.298 e. The van der Waals surface area contributed by atoms with Crippen LogP contribution in [0.3, 0.4) is 0 Å². The number of hydrogen-bond acceptors (Lipinski definition) is 5. The van der Waals surface area contributed by atoms with E-state index in [2.05, 4.69) is 9.71 Å². The van der Waals surface area contributed by atoms with Gasteiger partial charge in [-0.1, -0.05) is 12.1 Å². The Kier molecular flexibility index (Phi) is 5.03. The summed E-state index contributed by atoms with van der Waals surface area (Å²) in [4.78, 5) is 6.42. The molecule has 28 heavy (non-hydrogen) atoms. The number of oxazole rings is 1. The van der Waals surface area contributed by atoms with E-state index < -0.39 is 27.4 Å². The van der Waals surface area contributed by atoms with Gasteiger partial charge in [0.1, 0.15) is 17.2 Å². The lowest BCUT2D eigenvalue weighted by Gasteiger charge is -2.23. The lowest BCUT2D eigenvalue weighted by Crippen LogP contribution is -2.40. The van der Waals surface area contributed by atoms with Crippen LogP contribution in [0, 0.1) is 11.6 Å². The molecule has 2 heterocycles. The summed E-state index contributed by atoms with van der Waals surface area (Å²) in [6.07, 6.45) is 1.68. The van der Waals surface area contributed by atoms with Crippen LogP contribution in [0.1, 0.15) is 18.4 Å². The molecule has 1 aliphatic heterocycles. The third-order valence-electron chi connectivity index (χ3n) is 4.72. The third-order valence-corrected chi connectivity index (χ3v) is 6.04. The molecule has 6 nitrogen and oxygen atoms in total. The van der Waals surface area contributed by atoms with Crippen molar-refractivity contribution in [2.75, 3.05) is 18.0 Å². The van der Waals surface area contributed by atoms with Crippen molar-refractivity contribution in [1.82, 2.24) is 9.71 Å². The molecular weight excluding hydrogens is 388 g/mol. The predicted molar refractivity (Wildman–Crippen MR) is 101 cm³/mol. The maximum atomic E-state index is 13.3. The van der Waals surface area contributed by atoms with E-state index in [1.165, 1.54) is 0 Å². The molecule has 1 N–H and O–H groups in total. The monoisotopic (exact) mass is 407 g/mol. The van der Waals surface area contributed by atoms with Gasteiger partial charge in [-0.15, -0.1) is 0 Å². The molecule has 1 aromatic heterocycles. The number of halogens is 2. The van der Waals surface area contributed by atoms with Gasteiger partial charge >= 0.3 is 0 Å². The number of para-hydroxylation sites is 2. The molecule has 1 saturated heterocycles. The van der Waals surface area contributed by atoms with Crippen molar-refractivity contribution in [3.8, 4) is 0 Å². The molecule has 0 aliphatic carbocycles. The second kappa shape index (κ2) is 7.48. The van der Waals surface area contributed by atoms with Crippen molar-refractivity contribution >= 4 is 27.1 Å². The number of nitrogens with zero attached hydrogens (tertiary/aromatic N) is 2. The van der Waals surface area contributed by atoms with Crippen molar-refractivity contribution < 1.29 is 21.6 Å².